The van der Waals surface area contributed by atoms with E-state index in [0.29, 0.717) is 18.0 Å². The summed E-state index contributed by atoms with van der Waals surface area (Å²) in [6.07, 6.45) is 8.81. The molecule has 100 valence electrons. The third-order valence-electron chi connectivity index (χ3n) is 3.47. The molecule has 3 N–H and O–H groups in total. The van der Waals surface area contributed by atoms with Gasteiger partial charge in [-0.05, 0) is 38.5 Å². The fourth-order valence-corrected chi connectivity index (χ4v) is 2.35. The maximum atomic E-state index is 5.95. The predicted octanol–water partition coefficient (Wildman–Crippen LogP) is 3.05. The molecular weight excluding hydrogens is 210 g/mol. The van der Waals surface area contributed by atoms with E-state index in [9.17, 15) is 0 Å². The zero-order chi connectivity index (χ0) is 12.7. The van der Waals surface area contributed by atoms with Gasteiger partial charge < -0.3 is 11.1 Å². The number of nitrogens with two attached hydrogens (primary N) is 1. The van der Waals surface area contributed by atoms with Crippen LogP contribution in [0.1, 0.15) is 65.7 Å². The zero-order valence-corrected chi connectivity index (χ0v) is 11.7. The van der Waals surface area contributed by atoms with Crippen LogP contribution in [0.25, 0.3) is 0 Å². The van der Waals surface area contributed by atoms with Crippen molar-refractivity contribution >= 4 is 5.96 Å². The molecule has 0 aromatic rings. The highest BCUT2D eigenvalue weighted by Gasteiger charge is 2.13. The summed E-state index contributed by atoms with van der Waals surface area (Å²) in [6, 6.07) is 0.901. The fourth-order valence-electron chi connectivity index (χ4n) is 2.35. The lowest BCUT2D eigenvalue weighted by Crippen LogP contribution is -2.39. The largest absolute Gasteiger partial charge is 0.370 e. The Morgan fingerprint density at radius 3 is 2.41 bits per heavy atom. The van der Waals surface area contributed by atoms with Gasteiger partial charge in [-0.2, -0.15) is 0 Å². The minimum Gasteiger partial charge on any atom is -0.370 e. The van der Waals surface area contributed by atoms with E-state index >= 15 is 0 Å². The topological polar surface area (TPSA) is 50.4 Å². The van der Waals surface area contributed by atoms with Gasteiger partial charge in [-0.3, -0.25) is 4.99 Å². The maximum absolute atomic E-state index is 5.95. The van der Waals surface area contributed by atoms with Crippen LogP contribution in [0, 0.1) is 5.92 Å². The van der Waals surface area contributed by atoms with Crippen LogP contribution < -0.4 is 11.1 Å². The molecule has 0 bridgehead atoms. The van der Waals surface area contributed by atoms with E-state index in [1.807, 2.05) is 0 Å². The first-order valence-corrected chi connectivity index (χ1v) is 7.17. The average molecular weight is 239 g/mol. The first kappa shape index (κ1) is 14.3. The number of nitrogens with zero attached hydrogens (tertiary/aromatic N) is 1. The molecule has 1 fully saturated rings. The summed E-state index contributed by atoms with van der Waals surface area (Å²) in [5.74, 6) is 1.41. The average Bonchev–Trinajstić information content (AvgIpc) is 2.27. The van der Waals surface area contributed by atoms with E-state index in [1.54, 1.807) is 0 Å². The molecule has 1 atom stereocenters. The van der Waals surface area contributed by atoms with Gasteiger partial charge in [0.15, 0.2) is 5.96 Å². The molecule has 0 aromatic heterocycles. The van der Waals surface area contributed by atoms with Crippen LogP contribution in [-0.2, 0) is 0 Å². The molecule has 0 spiro atoms. The fraction of sp³-hybridized carbons (Fsp3) is 0.929. The second-order valence-electron chi connectivity index (χ2n) is 5.82. The Bertz CT molecular complexity index is 230. The summed E-state index contributed by atoms with van der Waals surface area (Å²) in [6.45, 7) is 6.70. The SMILES string of the molecule is CC(C)CCC(C)NC(N)=NC1CCCCC1. The summed E-state index contributed by atoms with van der Waals surface area (Å²) >= 11 is 0. The predicted molar refractivity (Wildman–Crippen MR) is 75.2 cm³/mol. The van der Waals surface area contributed by atoms with Gasteiger partial charge >= 0.3 is 0 Å². The van der Waals surface area contributed by atoms with Crippen LogP contribution in [0.3, 0.4) is 0 Å². The third kappa shape index (κ3) is 6.54. The van der Waals surface area contributed by atoms with Crippen molar-refractivity contribution in [3.8, 4) is 0 Å². The molecule has 1 rings (SSSR count). The Morgan fingerprint density at radius 2 is 1.82 bits per heavy atom. The minimum absolute atomic E-state index is 0.435. The molecule has 0 amide bonds. The Labute approximate surface area is 106 Å². The Balaban J connectivity index is 2.26. The van der Waals surface area contributed by atoms with Crippen molar-refractivity contribution in [3.05, 3.63) is 0 Å². The quantitative estimate of drug-likeness (QED) is 0.572. The number of rotatable bonds is 5. The van der Waals surface area contributed by atoms with E-state index < -0.39 is 0 Å². The van der Waals surface area contributed by atoms with Crippen LogP contribution in [0.15, 0.2) is 4.99 Å². The van der Waals surface area contributed by atoms with Crippen LogP contribution in [0.5, 0.6) is 0 Å². The van der Waals surface area contributed by atoms with Crippen molar-refractivity contribution in [3.63, 3.8) is 0 Å². The second kappa shape index (κ2) is 7.57. The lowest BCUT2D eigenvalue weighted by Gasteiger charge is -2.20. The normalized spacial score (nSPS) is 20.6. The molecule has 1 aliphatic carbocycles. The number of nitrogens with one attached hydrogen (secondary N) is 1. The lowest BCUT2D eigenvalue weighted by molar-refractivity contribution is 0.439. The summed E-state index contributed by atoms with van der Waals surface area (Å²) in [7, 11) is 0. The number of hydrogen-bond acceptors (Lipinski definition) is 1. The van der Waals surface area contributed by atoms with Gasteiger partial charge in [-0.25, -0.2) is 0 Å². The molecular formula is C14H29N3. The molecule has 1 aliphatic rings. The zero-order valence-electron chi connectivity index (χ0n) is 11.7. The van der Waals surface area contributed by atoms with Crippen LogP contribution in [0.2, 0.25) is 0 Å². The minimum atomic E-state index is 0.435. The molecule has 17 heavy (non-hydrogen) atoms. The molecule has 0 aromatic carbocycles. The molecule has 3 heteroatoms. The Hall–Kier alpha value is -0.730. The highest BCUT2D eigenvalue weighted by atomic mass is 15.1. The first-order valence-electron chi connectivity index (χ1n) is 7.17. The van der Waals surface area contributed by atoms with E-state index in [0.717, 1.165) is 5.92 Å². The van der Waals surface area contributed by atoms with Gasteiger partial charge in [0.05, 0.1) is 6.04 Å². The molecule has 1 unspecified atom stereocenters. The van der Waals surface area contributed by atoms with Crippen LogP contribution in [-0.4, -0.2) is 18.0 Å². The molecule has 1 saturated carbocycles. The first-order chi connectivity index (χ1) is 8.08. The van der Waals surface area contributed by atoms with Gasteiger partial charge in [0, 0.05) is 6.04 Å². The molecule has 3 nitrogen and oxygen atoms in total. The molecule has 0 aliphatic heterocycles. The summed E-state index contributed by atoms with van der Waals surface area (Å²) in [5, 5.41) is 3.31. The highest BCUT2D eigenvalue weighted by molar-refractivity contribution is 5.78. The number of aliphatic imine (C=N–C) groups is 1. The van der Waals surface area contributed by atoms with Crippen molar-refractivity contribution in [2.24, 2.45) is 16.6 Å². The number of guanidine groups is 1. The van der Waals surface area contributed by atoms with Gasteiger partial charge in [-0.1, -0.05) is 33.1 Å². The molecule has 0 radical (unpaired) electrons. The summed E-state index contributed by atoms with van der Waals surface area (Å²) in [5.41, 5.74) is 5.95. The van der Waals surface area contributed by atoms with Crippen molar-refractivity contribution < 1.29 is 0 Å². The van der Waals surface area contributed by atoms with Gasteiger partial charge in [-0.15, -0.1) is 0 Å². The van der Waals surface area contributed by atoms with Gasteiger partial charge in [0.2, 0.25) is 0 Å². The van der Waals surface area contributed by atoms with E-state index in [2.05, 4.69) is 31.1 Å². The van der Waals surface area contributed by atoms with Crippen molar-refractivity contribution in [1.82, 2.24) is 5.32 Å². The van der Waals surface area contributed by atoms with Crippen molar-refractivity contribution in [1.29, 1.82) is 0 Å². The lowest BCUT2D eigenvalue weighted by atomic mass is 9.96. The highest BCUT2D eigenvalue weighted by Crippen LogP contribution is 2.20. The van der Waals surface area contributed by atoms with E-state index in [-0.39, 0.29) is 0 Å². The van der Waals surface area contributed by atoms with Crippen molar-refractivity contribution in [2.75, 3.05) is 0 Å². The van der Waals surface area contributed by atoms with Crippen LogP contribution >= 0.6 is 0 Å². The smallest absolute Gasteiger partial charge is 0.189 e. The molecule has 0 heterocycles. The summed E-state index contributed by atoms with van der Waals surface area (Å²) < 4.78 is 0. The monoisotopic (exact) mass is 239 g/mol. The number of hydrogen-bond donors (Lipinski definition) is 2. The summed E-state index contributed by atoms with van der Waals surface area (Å²) in [4.78, 5) is 4.59. The molecule has 0 saturated heterocycles. The van der Waals surface area contributed by atoms with Crippen LogP contribution in [0.4, 0.5) is 0 Å². The maximum Gasteiger partial charge on any atom is 0.189 e. The standard InChI is InChI=1S/C14H29N3/c1-11(2)9-10-12(3)16-14(15)17-13-7-5-4-6-8-13/h11-13H,4-10H2,1-3H3,(H3,15,16,17). The van der Waals surface area contributed by atoms with E-state index in [4.69, 9.17) is 5.73 Å². The van der Waals surface area contributed by atoms with Gasteiger partial charge in [0.25, 0.3) is 0 Å². The van der Waals surface area contributed by atoms with Gasteiger partial charge in [0.1, 0.15) is 0 Å². The van der Waals surface area contributed by atoms with Crippen molar-refractivity contribution in [2.45, 2.75) is 77.8 Å². The van der Waals surface area contributed by atoms with E-state index in [1.165, 1.54) is 44.9 Å². The Kier molecular flexibility index (Phi) is 6.38. The third-order valence-corrected chi connectivity index (χ3v) is 3.47. The second-order valence-corrected chi connectivity index (χ2v) is 5.82. The Morgan fingerprint density at radius 1 is 1.18 bits per heavy atom.